The first-order valence-electron chi connectivity index (χ1n) is 7.01. The van der Waals surface area contributed by atoms with E-state index in [1.165, 1.54) is 17.1 Å². The van der Waals surface area contributed by atoms with Gasteiger partial charge in [-0.15, -0.1) is 0 Å². The number of nitrogens with one attached hydrogen (secondary N) is 2. The Balaban J connectivity index is 2.38. The average molecular weight is 342 g/mol. The zero-order valence-electron chi connectivity index (χ0n) is 13.6. The van der Waals surface area contributed by atoms with Gasteiger partial charge in [-0.05, 0) is 20.8 Å². The smallest absolute Gasteiger partial charge is 0.373 e. The maximum atomic E-state index is 13.0. The highest BCUT2D eigenvalue weighted by Crippen LogP contribution is 2.38. The second-order valence-electron chi connectivity index (χ2n) is 5.67. The third-order valence-electron chi connectivity index (χ3n) is 3.48. The number of carbonyl (C=O) groups excluding carboxylic acids is 1. The lowest BCUT2D eigenvalue weighted by atomic mass is 9.91. The minimum absolute atomic E-state index is 0.0931. The van der Waals surface area contributed by atoms with Crippen molar-refractivity contribution in [1.82, 2.24) is 19.7 Å². The van der Waals surface area contributed by atoms with E-state index in [0.717, 1.165) is 13.8 Å². The van der Waals surface area contributed by atoms with Crippen molar-refractivity contribution >= 4 is 17.5 Å². The second-order valence-corrected chi connectivity index (χ2v) is 5.67. The van der Waals surface area contributed by atoms with E-state index in [1.807, 2.05) is 0 Å². The van der Waals surface area contributed by atoms with Crippen molar-refractivity contribution in [3.63, 3.8) is 0 Å². The molecule has 0 saturated heterocycles. The summed E-state index contributed by atoms with van der Waals surface area (Å²) in [6, 6.07) is 3.02. The Hall–Kier alpha value is -2.65. The Labute approximate surface area is 136 Å². The summed E-state index contributed by atoms with van der Waals surface area (Å²) >= 11 is 0. The van der Waals surface area contributed by atoms with Gasteiger partial charge in [-0.1, -0.05) is 0 Å². The number of amides is 1. The highest BCUT2D eigenvalue weighted by molar-refractivity contribution is 5.95. The molecule has 24 heavy (non-hydrogen) atoms. The van der Waals surface area contributed by atoms with E-state index in [-0.39, 0.29) is 5.82 Å². The van der Waals surface area contributed by atoms with Gasteiger partial charge >= 0.3 is 6.18 Å². The molecule has 7 nitrogen and oxygen atoms in total. The van der Waals surface area contributed by atoms with Crippen LogP contribution in [0, 0.1) is 12.3 Å². The number of hydrogen-bond acceptors (Lipinski definition) is 5. The van der Waals surface area contributed by atoms with E-state index in [9.17, 15) is 18.0 Å². The summed E-state index contributed by atoms with van der Waals surface area (Å²) in [6.07, 6.45) is -3.39. The van der Waals surface area contributed by atoms with Crippen LogP contribution in [0.15, 0.2) is 18.5 Å². The number of carbonyl (C=O) groups is 1. The molecule has 0 radical (unpaired) electrons. The summed E-state index contributed by atoms with van der Waals surface area (Å²) in [6.45, 7) is 3.29. The number of anilines is 2. The van der Waals surface area contributed by atoms with Gasteiger partial charge in [0.1, 0.15) is 23.4 Å². The van der Waals surface area contributed by atoms with E-state index < -0.39 is 17.5 Å². The Kier molecular flexibility index (Phi) is 4.50. The molecule has 0 unspecified atom stereocenters. The molecule has 0 saturated carbocycles. The van der Waals surface area contributed by atoms with Gasteiger partial charge in [0.05, 0.1) is 5.69 Å². The molecule has 0 atom stereocenters. The van der Waals surface area contributed by atoms with Crippen LogP contribution < -0.4 is 10.6 Å². The number of alkyl halides is 3. The van der Waals surface area contributed by atoms with Crippen molar-refractivity contribution in [2.75, 3.05) is 17.7 Å². The van der Waals surface area contributed by atoms with Crippen LogP contribution in [-0.2, 0) is 4.79 Å². The molecular weight excluding hydrogens is 325 g/mol. The van der Waals surface area contributed by atoms with Crippen molar-refractivity contribution in [2.45, 2.75) is 26.9 Å². The molecule has 130 valence electrons. The predicted molar refractivity (Wildman–Crippen MR) is 81.9 cm³/mol. The maximum Gasteiger partial charge on any atom is 0.402 e. The summed E-state index contributed by atoms with van der Waals surface area (Å²) in [5.41, 5.74) is -2.03. The van der Waals surface area contributed by atoms with Gasteiger partial charge < -0.3 is 10.6 Å². The van der Waals surface area contributed by atoms with E-state index in [1.54, 1.807) is 20.0 Å². The zero-order valence-corrected chi connectivity index (χ0v) is 13.6. The monoisotopic (exact) mass is 342 g/mol. The molecule has 0 aliphatic carbocycles. The van der Waals surface area contributed by atoms with Crippen LogP contribution in [0.3, 0.4) is 0 Å². The van der Waals surface area contributed by atoms with Crippen molar-refractivity contribution < 1.29 is 18.0 Å². The second kappa shape index (κ2) is 6.10. The molecule has 0 aliphatic rings. The van der Waals surface area contributed by atoms with Gasteiger partial charge in [-0.25, -0.2) is 9.97 Å². The number of aromatic nitrogens is 4. The van der Waals surface area contributed by atoms with Gasteiger partial charge in [-0.2, -0.15) is 23.0 Å². The van der Waals surface area contributed by atoms with E-state index >= 15 is 0 Å². The number of nitrogens with zero attached hydrogens (tertiary/aromatic N) is 4. The number of rotatable bonds is 4. The lowest BCUT2D eigenvalue weighted by Crippen LogP contribution is -2.43. The molecule has 2 aromatic heterocycles. The molecule has 2 heterocycles. The highest BCUT2D eigenvalue weighted by Gasteiger charge is 2.53. The summed E-state index contributed by atoms with van der Waals surface area (Å²) in [7, 11) is 1.66. The Bertz CT molecular complexity index is 753. The molecule has 0 bridgehead atoms. The number of halogens is 3. The van der Waals surface area contributed by atoms with E-state index in [0.29, 0.717) is 17.3 Å². The zero-order chi connectivity index (χ0) is 18.1. The SMILES string of the molecule is CNc1cc(-n2nc(C)cc2NC(=O)C(C)(C)C(F)(F)F)ncn1. The van der Waals surface area contributed by atoms with Gasteiger partial charge in [-0.3, -0.25) is 4.79 Å². The quantitative estimate of drug-likeness (QED) is 0.892. The van der Waals surface area contributed by atoms with Crippen molar-refractivity contribution in [1.29, 1.82) is 0 Å². The molecule has 0 aliphatic heterocycles. The van der Waals surface area contributed by atoms with Gasteiger partial charge in [0.25, 0.3) is 0 Å². The summed E-state index contributed by atoms with van der Waals surface area (Å²) in [5.74, 6) is -0.279. The van der Waals surface area contributed by atoms with Crippen LogP contribution in [0.5, 0.6) is 0 Å². The van der Waals surface area contributed by atoms with Gasteiger partial charge in [0.2, 0.25) is 5.91 Å². The standard InChI is InChI=1S/C14H17F3N6O/c1-8-5-11(21-12(24)13(2,3)14(15,16)17)23(22-8)10-6-9(18-4)19-7-20-10/h5-7H,1-4H3,(H,21,24)(H,18,19,20). The largest absolute Gasteiger partial charge is 0.402 e. The van der Waals surface area contributed by atoms with Crippen molar-refractivity contribution in [2.24, 2.45) is 5.41 Å². The molecule has 10 heteroatoms. The molecule has 1 amide bonds. The van der Waals surface area contributed by atoms with E-state index in [2.05, 4.69) is 25.7 Å². The molecular formula is C14H17F3N6O. The summed E-state index contributed by atoms with van der Waals surface area (Å²) in [5, 5.41) is 9.25. The van der Waals surface area contributed by atoms with Crippen LogP contribution in [0.2, 0.25) is 0 Å². The van der Waals surface area contributed by atoms with Crippen LogP contribution in [0.25, 0.3) is 5.82 Å². The topological polar surface area (TPSA) is 84.7 Å². The highest BCUT2D eigenvalue weighted by atomic mass is 19.4. The molecule has 0 aromatic carbocycles. The molecule has 2 aromatic rings. The predicted octanol–water partition coefficient (Wildman–Crippen LogP) is 2.54. The lowest BCUT2D eigenvalue weighted by molar-refractivity contribution is -0.208. The first kappa shape index (κ1) is 17.7. The van der Waals surface area contributed by atoms with Crippen molar-refractivity contribution in [3.8, 4) is 5.82 Å². The van der Waals surface area contributed by atoms with Gasteiger partial charge in [0.15, 0.2) is 5.82 Å². The van der Waals surface area contributed by atoms with Crippen molar-refractivity contribution in [3.05, 3.63) is 24.2 Å². The van der Waals surface area contributed by atoms with Crippen LogP contribution in [0.1, 0.15) is 19.5 Å². The molecule has 2 rings (SSSR count). The van der Waals surface area contributed by atoms with Gasteiger partial charge in [0, 0.05) is 19.2 Å². The fourth-order valence-corrected chi connectivity index (χ4v) is 1.76. The minimum atomic E-state index is -4.68. The fraction of sp³-hybridized carbons (Fsp3) is 0.429. The van der Waals surface area contributed by atoms with Crippen LogP contribution >= 0.6 is 0 Å². The maximum absolute atomic E-state index is 13.0. The molecule has 0 fully saturated rings. The third-order valence-corrected chi connectivity index (χ3v) is 3.48. The Morgan fingerprint density at radius 3 is 2.46 bits per heavy atom. The number of aryl methyl sites for hydroxylation is 1. The van der Waals surface area contributed by atoms with Crippen LogP contribution in [-0.4, -0.2) is 38.9 Å². The third kappa shape index (κ3) is 3.31. The van der Waals surface area contributed by atoms with Crippen LogP contribution in [0.4, 0.5) is 24.8 Å². The first-order chi connectivity index (χ1) is 11.1. The lowest BCUT2D eigenvalue weighted by Gasteiger charge is -2.26. The number of hydrogen-bond donors (Lipinski definition) is 2. The summed E-state index contributed by atoms with van der Waals surface area (Å²) in [4.78, 5) is 20.1. The Morgan fingerprint density at radius 1 is 1.21 bits per heavy atom. The fourth-order valence-electron chi connectivity index (χ4n) is 1.76. The minimum Gasteiger partial charge on any atom is -0.373 e. The Morgan fingerprint density at radius 2 is 1.88 bits per heavy atom. The average Bonchev–Trinajstić information content (AvgIpc) is 2.86. The molecule has 0 spiro atoms. The molecule has 2 N–H and O–H groups in total. The first-order valence-corrected chi connectivity index (χ1v) is 7.01. The van der Waals surface area contributed by atoms with E-state index in [4.69, 9.17) is 0 Å². The normalized spacial score (nSPS) is 12.1. The summed E-state index contributed by atoms with van der Waals surface area (Å²) < 4.78 is 40.3.